The second-order valence-corrected chi connectivity index (χ2v) is 17.9. The van der Waals surface area contributed by atoms with Crippen molar-refractivity contribution in [3.8, 4) is 16.5 Å². The fraction of sp³-hybridized carbons (Fsp3) is 0.543. The molecule has 4 amide bonds. The van der Waals surface area contributed by atoms with E-state index < -0.39 is 93.1 Å². The molecule has 3 aliphatic rings. The van der Waals surface area contributed by atoms with Crippen LogP contribution < -0.4 is 20.1 Å². The highest BCUT2D eigenvalue weighted by Gasteiger charge is 2.67. The van der Waals surface area contributed by atoms with E-state index in [1.54, 1.807) is 52.8 Å². The van der Waals surface area contributed by atoms with E-state index in [0.29, 0.717) is 29.6 Å². The zero-order valence-corrected chi connectivity index (χ0v) is 31.4. The average molecular weight is 777 g/mol. The number of benzene rings is 1. The van der Waals surface area contributed by atoms with E-state index in [0.717, 1.165) is 4.88 Å². The number of carbonyl (C=O) groups excluding carboxylic acids is 4. The molecule has 6 rings (SSSR count). The molecule has 3 heterocycles. The number of nitrogens with zero attached hydrogens (tertiary/aromatic N) is 3. The first-order valence-electron chi connectivity index (χ1n) is 17.3. The molecular weight excluding hydrogens is 735 g/mol. The highest BCUT2D eigenvalue weighted by molar-refractivity contribution is 7.91. The van der Waals surface area contributed by atoms with Crippen molar-refractivity contribution in [1.29, 1.82) is 0 Å². The number of amides is 4. The Morgan fingerprint density at radius 1 is 1.04 bits per heavy atom. The van der Waals surface area contributed by atoms with Crippen LogP contribution in [0.5, 0.6) is 5.88 Å². The van der Waals surface area contributed by atoms with Crippen LogP contribution in [0.15, 0.2) is 41.8 Å². The second kappa shape index (κ2) is 14.4. The van der Waals surface area contributed by atoms with Gasteiger partial charge < -0.3 is 25.0 Å². The lowest BCUT2D eigenvalue weighted by Gasteiger charge is -2.35. The van der Waals surface area contributed by atoms with E-state index in [1.807, 2.05) is 28.3 Å². The molecule has 0 bridgehead atoms. The monoisotopic (exact) mass is 776 g/mol. The number of rotatable bonds is 12. The molecule has 53 heavy (non-hydrogen) atoms. The lowest BCUT2D eigenvalue weighted by molar-refractivity contribution is -0.143. The smallest absolute Gasteiger partial charge is 0.408 e. The fourth-order valence-corrected chi connectivity index (χ4v) is 8.46. The minimum Gasteiger partial charge on any atom is -0.471 e. The molecule has 2 saturated carbocycles. The third-order valence-electron chi connectivity index (χ3n) is 9.41. The van der Waals surface area contributed by atoms with E-state index in [-0.39, 0.29) is 18.8 Å². The molecule has 5 atom stereocenters. The number of alkyl carbamates (subject to hydrolysis) is 1. The molecule has 2 aliphatic carbocycles. The van der Waals surface area contributed by atoms with E-state index in [2.05, 4.69) is 10.6 Å². The molecule has 0 spiro atoms. The minimum atomic E-state index is -4.13. The first kappa shape index (κ1) is 38.3. The van der Waals surface area contributed by atoms with Crippen LogP contribution in [0.2, 0.25) is 0 Å². The average Bonchev–Trinajstić information content (AvgIpc) is 3.95. The summed E-state index contributed by atoms with van der Waals surface area (Å²) < 4.78 is 67.0. The summed E-state index contributed by atoms with van der Waals surface area (Å²) in [5.74, 6) is -4.44. The van der Waals surface area contributed by atoms with E-state index in [1.165, 1.54) is 16.2 Å². The fourth-order valence-electron chi connectivity index (χ4n) is 6.39. The molecule has 0 radical (unpaired) electrons. The maximum absolute atomic E-state index is 14.4. The Morgan fingerprint density at radius 3 is 2.28 bits per heavy atom. The zero-order chi connectivity index (χ0) is 38.5. The maximum Gasteiger partial charge on any atom is 0.408 e. The highest BCUT2D eigenvalue weighted by Crippen LogP contribution is 2.48. The van der Waals surface area contributed by atoms with Crippen LogP contribution in [0.1, 0.15) is 60.3 Å². The largest absolute Gasteiger partial charge is 0.471 e. The number of carbonyl (C=O) groups is 4. The first-order valence-corrected chi connectivity index (χ1v) is 19.7. The van der Waals surface area contributed by atoms with Gasteiger partial charge in [-0.3, -0.25) is 19.1 Å². The maximum atomic E-state index is 14.4. The van der Waals surface area contributed by atoms with Crippen molar-refractivity contribution in [2.24, 2.45) is 11.3 Å². The van der Waals surface area contributed by atoms with Crippen molar-refractivity contribution in [2.45, 2.75) is 102 Å². The molecule has 3 N–H and O–H groups in total. The quantitative estimate of drug-likeness (QED) is 0.243. The van der Waals surface area contributed by atoms with Gasteiger partial charge in [-0.25, -0.2) is 32.0 Å². The van der Waals surface area contributed by atoms with E-state index in [9.17, 15) is 36.4 Å². The van der Waals surface area contributed by atoms with Gasteiger partial charge in [0.25, 0.3) is 5.91 Å². The number of hydrogen-bond donors (Lipinski definition) is 3. The van der Waals surface area contributed by atoms with Crippen molar-refractivity contribution < 1.29 is 45.9 Å². The number of likely N-dealkylation sites (tertiary alicyclic amines) is 1. The Hall–Kier alpha value is -4.45. The Balaban J connectivity index is 1.33. The Morgan fingerprint density at radius 2 is 1.72 bits per heavy atom. The van der Waals surface area contributed by atoms with Gasteiger partial charge in [0.2, 0.25) is 34.1 Å². The van der Waals surface area contributed by atoms with Crippen molar-refractivity contribution in [1.82, 2.24) is 30.2 Å². The summed E-state index contributed by atoms with van der Waals surface area (Å²) in [6.07, 6.45) is -5.33. The van der Waals surface area contributed by atoms with Crippen molar-refractivity contribution in [3.05, 3.63) is 41.8 Å². The lowest BCUT2D eigenvalue weighted by atomic mass is 9.85. The van der Waals surface area contributed by atoms with Gasteiger partial charge in [-0.15, -0.1) is 11.3 Å². The Bertz CT molecular complexity index is 2000. The summed E-state index contributed by atoms with van der Waals surface area (Å²) in [6, 6.07) is 8.25. The minimum absolute atomic E-state index is 0.136. The van der Waals surface area contributed by atoms with Gasteiger partial charge in [0.1, 0.15) is 29.4 Å². The standard InChI is InChI=1S/C35H42F2N6O8S2/c1-18(2)50-33(47)40-27(34(3,4)5)31(45)43-17-19(51-30-26(25-11-8-14-52-25)38-22-9-6-7-10-23(22)39-30)15-24(43)29(44)41-35(16-21(35)28(36)37)32(46)42-53(48,49)20-12-13-20/h6-11,14,18-21,24,27-28H,12-13,15-17H2,1-5H3,(H,40,47)(H,41,44)(H,42,46)/t19-,21+,24?,27-,35-/m1/s1. The predicted molar refractivity (Wildman–Crippen MR) is 190 cm³/mol. The number of halogens is 2. The van der Waals surface area contributed by atoms with Gasteiger partial charge in [0.15, 0.2) is 0 Å². The topological polar surface area (TPSA) is 186 Å². The molecule has 18 heteroatoms. The number of fused-ring (bicyclic) bond motifs is 1. The van der Waals surface area contributed by atoms with Gasteiger partial charge in [-0.05, 0) is 62.1 Å². The lowest BCUT2D eigenvalue weighted by Crippen LogP contribution is -2.60. The molecule has 1 aromatic carbocycles. The van der Waals surface area contributed by atoms with Crippen LogP contribution in [0, 0.1) is 11.3 Å². The summed E-state index contributed by atoms with van der Waals surface area (Å²) in [6.45, 7) is 8.21. The van der Waals surface area contributed by atoms with Crippen LogP contribution in [-0.4, -0.2) is 95.2 Å². The van der Waals surface area contributed by atoms with Crippen LogP contribution in [0.3, 0.4) is 0 Å². The summed E-state index contributed by atoms with van der Waals surface area (Å²) in [5.41, 5.74) is -1.55. The first-order chi connectivity index (χ1) is 24.9. The third kappa shape index (κ3) is 8.22. The van der Waals surface area contributed by atoms with Gasteiger partial charge >= 0.3 is 6.09 Å². The molecule has 1 unspecified atom stereocenters. The number of aromatic nitrogens is 2. The van der Waals surface area contributed by atoms with E-state index >= 15 is 0 Å². The summed E-state index contributed by atoms with van der Waals surface area (Å²) in [5, 5.41) is 6.06. The number of ether oxygens (including phenoxy) is 2. The number of alkyl halides is 2. The van der Waals surface area contributed by atoms with Gasteiger partial charge in [-0.1, -0.05) is 39.0 Å². The van der Waals surface area contributed by atoms with Gasteiger partial charge in [0, 0.05) is 6.42 Å². The van der Waals surface area contributed by atoms with Crippen LogP contribution in [-0.2, 0) is 29.1 Å². The summed E-state index contributed by atoms with van der Waals surface area (Å²) in [4.78, 5) is 66.1. The predicted octanol–water partition coefficient (Wildman–Crippen LogP) is 4.00. The van der Waals surface area contributed by atoms with Crippen molar-refractivity contribution in [3.63, 3.8) is 0 Å². The van der Waals surface area contributed by atoms with Crippen LogP contribution >= 0.6 is 11.3 Å². The van der Waals surface area contributed by atoms with Crippen molar-refractivity contribution in [2.75, 3.05) is 6.54 Å². The van der Waals surface area contributed by atoms with Gasteiger partial charge in [-0.2, -0.15) is 0 Å². The summed E-state index contributed by atoms with van der Waals surface area (Å²) >= 11 is 1.41. The SMILES string of the molecule is CC(C)OC(=O)N[C@H](C(=O)N1C[C@H](Oc2nc3ccccc3nc2-c2cccs2)CC1C(=O)N[C@]1(C(=O)NS(=O)(=O)C2CC2)C[C@H]1C(F)F)C(C)(C)C. The second-order valence-electron chi connectivity index (χ2n) is 15.0. The molecule has 3 fully saturated rings. The number of hydrogen-bond acceptors (Lipinski definition) is 11. The summed E-state index contributed by atoms with van der Waals surface area (Å²) in [7, 11) is -4.13. The van der Waals surface area contributed by atoms with E-state index in [4.69, 9.17) is 19.4 Å². The van der Waals surface area contributed by atoms with Crippen LogP contribution in [0.25, 0.3) is 21.6 Å². The molecule has 14 nitrogen and oxygen atoms in total. The highest BCUT2D eigenvalue weighted by atomic mass is 32.2. The Kier molecular flexibility index (Phi) is 10.4. The molecule has 3 aromatic rings. The zero-order valence-electron chi connectivity index (χ0n) is 29.8. The Labute approximate surface area is 309 Å². The number of nitrogens with one attached hydrogen (secondary N) is 3. The molecular formula is C35H42F2N6O8S2. The third-order valence-corrected chi connectivity index (χ3v) is 12.1. The molecule has 1 aliphatic heterocycles. The number of sulfonamides is 1. The number of thiophene rings is 1. The molecule has 1 saturated heterocycles. The van der Waals surface area contributed by atoms with Gasteiger partial charge in [0.05, 0.1) is 39.7 Å². The number of para-hydroxylation sites is 2. The molecule has 286 valence electrons. The molecule has 2 aromatic heterocycles. The van der Waals surface area contributed by atoms with Crippen LogP contribution in [0.4, 0.5) is 13.6 Å². The normalized spacial score (nSPS) is 23.5. The van der Waals surface area contributed by atoms with Crippen molar-refractivity contribution >= 4 is 56.2 Å².